The van der Waals surface area contributed by atoms with E-state index in [9.17, 15) is 14.4 Å². The molecule has 7 heteroatoms. The Morgan fingerprint density at radius 3 is 2.40 bits per heavy atom. The number of carbonyl (C=O) groups excluding carboxylic acids is 3. The molecule has 25 heavy (non-hydrogen) atoms. The number of hydrogen-bond donors (Lipinski definition) is 2. The maximum Gasteiger partial charge on any atom is 0.348 e. The first-order chi connectivity index (χ1) is 11.8. The molecule has 1 aromatic carbocycles. The molecule has 3 N–H and O–H groups in total. The number of esters is 1. The molecule has 0 spiro atoms. The molecule has 0 radical (unpaired) electrons. The summed E-state index contributed by atoms with van der Waals surface area (Å²) in [6.45, 7) is 7.38. The van der Waals surface area contributed by atoms with Gasteiger partial charge in [-0.05, 0) is 56.5 Å². The number of aryl methyl sites for hydroxylation is 2. The van der Waals surface area contributed by atoms with Gasteiger partial charge < -0.3 is 15.8 Å². The third kappa shape index (κ3) is 3.88. The van der Waals surface area contributed by atoms with Crippen molar-refractivity contribution in [2.75, 3.05) is 11.9 Å². The van der Waals surface area contributed by atoms with Crippen LogP contribution in [0.25, 0.3) is 0 Å². The zero-order chi connectivity index (χ0) is 18.7. The second kappa shape index (κ2) is 7.48. The molecule has 0 aliphatic carbocycles. The minimum absolute atomic E-state index is 0.130. The lowest BCUT2D eigenvalue weighted by Crippen LogP contribution is -2.17. The lowest BCUT2D eigenvalue weighted by molar-refractivity contribution is 0.0531. The average molecular weight is 360 g/mol. The van der Waals surface area contributed by atoms with Crippen molar-refractivity contribution in [2.24, 2.45) is 5.73 Å². The second-order valence-electron chi connectivity index (χ2n) is 5.60. The van der Waals surface area contributed by atoms with Crippen molar-refractivity contribution >= 4 is 34.1 Å². The van der Waals surface area contributed by atoms with Gasteiger partial charge in [0.05, 0.1) is 12.2 Å². The van der Waals surface area contributed by atoms with E-state index < -0.39 is 11.9 Å². The number of thiophene rings is 1. The van der Waals surface area contributed by atoms with Crippen LogP contribution in [0, 0.1) is 20.8 Å². The van der Waals surface area contributed by atoms with Crippen molar-refractivity contribution in [2.45, 2.75) is 27.7 Å². The van der Waals surface area contributed by atoms with Gasteiger partial charge in [-0.15, -0.1) is 11.3 Å². The van der Waals surface area contributed by atoms with Gasteiger partial charge in [0, 0.05) is 5.56 Å². The summed E-state index contributed by atoms with van der Waals surface area (Å²) in [6.07, 6.45) is 0. The van der Waals surface area contributed by atoms with E-state index in [-0.39, 0.29) is 28.0 Å². The number of ether oxygens (including phenoxy) is 1. The smallest absolute Gasteiger partial charge is 0.348 e. The fourth-order valence-electron chi connectivity index (χ4n) is 2.35. The van der Waals surface area contributed by atoms with Gasteiger partial charge in [0.2, 0.25) is 0 Å². The molecule has 6 nitrogen and oxygen atoms in total. The van der Waals surface area contributed by atoms with E-state index in [4.69, 9.17) is 10.5 Å². The van der Waals surface area contributed by atoms with Crippen LogP contribution in [0.15, 0.2) is 18.2 Å². The molecule has 0 aliphatic heterocycles. The van der Waals surface area contributed by atoms with Gasteiger partial charge in [0.15, 0.2) is 0 Å². The SMILES string of the molecule is CCOC(=O)c1sc(NC(=O)c2ccc(C)c(C)c2)c(C(N)=O)c1C. The molecule has 0 atom stereocenters. The van der Waals surface area contributed by atoms with E-state index >= 15 is 0 Å². The Hall–Kier alpha value is -2.67. The maximum atomic E-state index is 12.5. The predicted octanol–water partition coefficient (Wildman–Crippen LogP) is 3.20. The van der Waals surface area contributed by atoms with E-state index in [1.165, 1.54) is 0 Å². The number of benzene rings is 1. The Kier molecular flexibility index (Phi) is 5.58. The summed E-state index contributed by atoms with van der Waals surface area (Å²) in [4.78, 5) is 36.5. The van der Waals surface area contributed by atoms with Gasteiger partial charge in [0.25, 0.3) is 11.8 Å². The van der Waals surface area contributed by atoms with Crippen LogP contribution in [-0.2, 0) is 4.74 Å². The van der Waals surface area contributed by atoms with Crippen LogP contribution in [0.3, 0.4) is 0 Å². The molecule has 0 fully saturated rings. The highest BCUT2D eigenvalue weighted by atomic mass is 32.1. The average Bonchev–Trinajstić information content (AvgIpc) is 2.86. The van der Waals surface area contributed by atoms with Crippen molar-refractivity contribution in [3.05, 3.63) is 50.9 Å². The van der Waals surface area contributed by atoms with Crippen LogP contribution in [0.2, 0.25) is 0 Å². The van der Waals surface area contributed by atoms with E-state index in [0.29, 0.717) is 11.1 Å². The van der Waals surface area contributed by atoms with E-state index in [0.717, 1.165) is 22.5 Å². The third-order valence-corrected chi connectivity index (χ3v) is 5.04. The van der Waals surface area contributed by atoms with Crippen LogP contribution in [0.5, 0.6) is 0 Å². The largest absolute Gasteiger partial charge is 0.462 e. The van der Waals surface area contributed by atoms with Crippen LogP contribution in [0.4, 0.5) is 5.00 Å². The van der Waals surface area contributed by atoms with Gasteiger partial charge in [-0.2, -0.15) is 0 Å². The molecule has 0 bridgehead atoms. The first-order valence-corrected chi connectivity index (χ1v) is 8.56. The highest BCUT2D eigenvalue weighted by molar-refractivity contribution is 7.18. The zero-order valence-corrected chi connectivity index (χ0v) is 15.4. The second-order valence-corrected chi connectivity index (χ2v) is 6.62. The summed E-state index contributed by atoms with van der Waals surface area (Å²) in [5.74, 6) is -1.62. The highest BCUT2D eigenvalue weighted by Gasteiger charge is 2.25. The minimum Gasteiger partial charge on any atom is -0.462 e. The Labute approximate surface area is 150 Å². The Morgan fingerprint density at radius 1 is 1.16 bits per heavy atom. The Balaban J connectivity index is 2.39. The van der Waals surface area contributed by atoms with Gasteiger partial charge in [-0.3, -0.25) is 9.59 Å². The van der Waals surface area contributed by atoms with Crippen LogP contribution < -0.4 is 11.1 Å². The molecule has 1 aromatic heterocycles. The number of nitrogens with two attached hydrogens (primary N) is 1. The fraction of sp³-hybridized carbons (Fsp3) is 0.278. The topological polar surface area (TPSA) is 98.5 Å². The Morgan fingerprint density at radius 2 is 1.84 bits per heavy atom. The molecular weight excluding hydrogens is 340 g/mol. The minimum atomic E-state index is -0.709. The van der Waals surface area contributed by atoms with Crippen LogP contribution >= 0.6 is 11.3 Å². The van der Waals surface area contributed by atoms with Crippen LogP contribution in [0.1, 0.15) is 54.0 Å². The highest BCUT2D eigenvalue weighted by Crippen LogP contribution is 2.33. The molecule has 0 saturated heterocycles. The van der Waals surface area contributed by atoms with Crippen molar-refractivity contribution < 1.29 is 19.1 Å². The normalized spacial score (nSPS) is 10.4. The number of rotatable bonds is 5. The number of nitrogens with one attached hydrogen (secondary N) is 1. The lowest BCUT2D eigenvalue weighted by Gasteiger charge is -2.07. The van der Waals surface area contributed by atoms with E-state index in [2.05, 4.69) is 5.32 Å². The monoisotopic (exact) mass is 360 g/mol. The Bertz CT molecular complexity index is 855. The van der Waals surface area contributed by atoms with Gasteiger partial charge >= 0.3 is 5.97 Å². The maximum absolute atomic E-state index is 12.5. The zero-order valence-electron chi connectivity index (χ0n) is 14.6. The van der Waals surface area contributed by atoms with Crippen molar-refractivity contribution in [3.63, 3.8) is 0 Å². The molecular formula is C18H20N2O4S. The quantitative estimate of drug-likeness (QED) is 0.800. The van der Waals surface area contributed by atoms with E-state index in [1.807, 2.05) is 19.9 Å². The number of hydrogen-bond acceptors (Lipinski definition) is 5. The number of primary amides is 1. The van der Waals surface area contributed by atoms with Crippen molar-refractivity contribution in [1.82, 2.24) is 0 Å². The van der Waals surface area contributed by atoms with Gasteiger partial charge in [-0.1, -0.05) is 6.07 Å². The molecule has 2 aromatic rings. The first-order valence-electron chi connectivity index (χ1n) is 7.75. The number of amides is 2. The fourth-order valence-corrected chi connectivity index (χ4v) is 3.45. The van der Waals surface area contributed by atoms with Gasteiger partial charge in [0.1, 0.15) is 9.88 Å². The molecule has 0 saturated carbocycles. The van der Waals surface area contributed by atoms with Crippen molar-refractivity contribution in [3.8, 4) is 0 Å². The predicted molar refractivity (Wildman–Crippen MR) is 97.4 cm³/mol. The number of carbonyl (C=O) groups is 3. The molecule has 0 aliphatic rings. The summed E-state index contributed by atoms with van der Waals surface area (Å²) in [5, 5.41) is 2.93. The molecule has 2 amide bonds. The van der Waals surface area contributed by atoms with Gasteiger partial charge in [-0.25, -0.2) is 4.79 Å². The standard InChI is InChI=1S/C18H20N2O4S/c1-5-24-18(23)14-11(4)13(15(19)21)17(25-14)20-16(22)12-7-6-9(2)10(3)8-12/h6-8H,5H2,1-4H3,(H2,19,21)(H,20,22). The molecule has 2 rings (SSSR count). The summed E-state index contributed by atoms with van der Waals surface area (Å²) in [5.41, 5.74) is 8.48. The first kappa shape index (κ1) is 18.7. The summed E-state index contributed by atoms with van der Waals surface area (Å²) < 4.78 is 4.98. The van der Waals surface area contributed by atoms with Crippen LogP contribution in [-0.4, -0.2) is 24.4 Å². The van der Waals surface area contributed by atoms with E-state index in [1.54, 1.807) is 26.0 Å². The van der Waals surface area contributed by atoms with Crippen molar-refractivity contribution in [1.29, 1.82) is 0 Å². The third-order valence-electron chi connectivity index (χ3n) is 3.85. The lowest BCUT2D eigenvalue weighted by atomic mass is 10.1. The molecule has 1 heterocycles. The summed E-state index contributed by atoms with van der Waals surface area (Å²) in [7, 11) is 0. The summed E-state index contributed by atoms with van der Waals surface area (Å²) >= 11 is 0.986. The molecule has 0 unspecified atom stereocenters. The number of anilines is 1. The molecule has 132 valence electrons. The summed E-state index contributed by atoms with van der Waals surface area (Å²) in [6, 6.07) is 5.32.